The van der Waals surface area contributed by atoms with Crippen molar-refractivity contribution in [2.45, 2.75) is 38.3 Å². The molecule has 0 spiro atoms. The SMILES string of the molecule is CN(Cc1csc(-c2cccs2)n1)C(=O)[C@@H]1CCC(=O)N(C2CC2)C1. The molecule has 0 N–H and O–H groups in total. The molecule has 2 fully saturated rings. The number of nitrogens with zero attached hydrogens (tertiary/aromatic N) is 3. The summed E-state index contributed by atoms with van der Waals surface area (Å²) < 4.78 is 0. The Morgan fingerprint density at radius 3 is 2.92 bits per heavy atom. The zero-order valence-corrected chi connectivity index (χ0v) is 15.8. The van der Waals surface area contributed by atoms with Crippen LogP contribution in [-0.4, -0.2) is 46.2 Å². The minimum absolute atomic E-state index is 0.0706. The molecule has 2 aromatic heterocycles. The van der Waals surface area contributed by atoms with Crippen molar-refractivity contribution < 1.29 is 9.59 Å². The summed E-state index contributed by atoms with van der Waals surface area (Å²) in [5.74, 6) is 0.275. The predicted octanol–water partition coefficient (Wildman–Crippen LogP) is 3.23. The second kappa shape index (κ2) is 6.88. The van der Waals surface area contributed by atoms with Crippen LogP contribution in [0.3, 0.4) is 0 Å². The van der Waals surface area contributed by atoms with Crippen LogP contribution >= 0.6 is 22.7 Å². The van der Waals surface area contributed by atoms with Gasteiger partial charge < -0.3 is 9.80 Å². The van der Waals surface area contributed by atoms with Crippen molar-refractivity contribution in [1.29, 1.82) is 0 Å². The molecule has 25 heavy (non-hydrogen) atoms. The molecule has 1 saturated heterocycles. The molecule has 0 radical (unpaired) electrons. The molecule has 2 aromatic rings. The molecule has 2 amide bonds. The van der Waals surface area contributed by atoms with E-state index < -0.39 is 0 Å². The smallest absolute Gasteiger partial charge is 0.227 e. The Kier molecular flexibility index (Phi) is 4.60. The molecule has 1 aliphatic carbocycles. The molecule has 1 aliphatic heterocycles. The Balaban J connectivity index is 1.38. The van der Waals surface area contributed by atoms with E-state index in [9.17, 15) is 9.59 Å². The van der Waals surface area contributed by atoms with E-state index in [-0.39, 0.29) is 17.7 Å². The van der Waals surface area contributed by atoms with Crippen LogP contribution in [0.1, 0.15) is 31.4 Å². The topological polar surface area (TPSA) is 53.5 Å². The maximum atomic E-state index is 12.8. The number of likely N-dealkylation sites (tertiary alicyclic amines) is 1. The van der Waals surface area contributed by atoms with Gasteiger partial charge in [0.15, 0.2) is 0 Å². The molecule has 1 atom stereocenters. The van der Waals surface area contributed by atoms with E-state index in [2.05, 4.69) is 11.1 Å². The molecule has 3 heterocycles. The van der Waals surface area contributed by atoms with Crippen LogP contribution in [0.2, 0.25) is 0 Å². The normalized spacial score (nSPS) is 20.8. The Bertz CT molecular complexity index is 767. The molecular formula is C18H21N3O2S2. The van der Waals surface area contributed by atoms with Crippen LogP contribution in [-0.2, 0) is 16.1 Å². The van der Waals surface area contributed by atoms with E-state index in [1.165, 1.54) is 0 Å². The highest BCUT2D eigenvalue weighted by Gasteiger charge is 2.39. The number of amides is 2. The molecule has 7 heteroatoms. The number of carbonyl (C=O) groups excluding carboxylic acids is 2. The highest BCUT2D eigenvalue weighted by atomic mass is 32.1. The molecule has 4 rings (SSSR count). The van der Waals surface area contributed by atoms with E-state index >= 15 is 0 Å². The molecule has 1 saturated carbocycles. The molecule has 5 nitrogen and oxygen atoms in total. The van der Waals surface area contributed by atoms with Crippen LogP contribution in [0.5, 0.6) is 0 Å². The minimum atomic E-state index is -0.0706. The van der Waals surface area contributed by atoms with E-state index in [1.807, 2.05) is 28.8 Å². The number of hydrogen-bond acceptors (Lipinski definition) is 5. The van der Waals surface area contributed by atoms with Gasteiger partial charge in [0.25, 0.3) is 0 Å². The molecule has 0 aromatic carbocycles. The number of hydrogen-bond donors (Lipinski definition) is 0. The lowest BCUT2D eigenvalue weighted by Crippen LogP contribution is -2.46. The summed E-state index contributed by atoms with van der Waals surface area (Å²) in [5, 5.41) is 5.08. The fourth-order valence-electron chi connectivity index (χ4n) is 3.34. The Morgan fingerprint density at radius 2 is 2.20 bits per heavy atom. The van der Waals surface area contributed by atoms with Gasteiger partial charge in [-0.15, -0.1) is 22.7 Å². The lowest BCUT2D eigenvalue weighted by molar-refractivity contribution is -0.143. The third-order valence-corrected chi connectivity index (χ3v) is 6.77. The van der Waals surface area contributed by atoms with Crippen LogP contribution < -0.4 is 0 Å². The standard InChI is InChI=1S/C18H21N3O2S2/c1-20(10-13-11-25-17(19-13)15-3-2-8-24-15)18(23)12-4-7-16(22)21(9-12)14-5-6-14/h2-3,8,11-12,14H,4-7,9-10H2,1H3/t12-/m1/s1. The average Bonchev–Trinajstić information content (AvgIpc) is 3.10. The molecule has 132 valence electrons. The van der Waals surface area contributed by atoms with Crippen molar-refractivity contribution >= 4 is 34.5 Å². The number of rotatable bonds is 5. The van der Waals surface area contributed by atoms with Crippen molar-refractivity contribution in [1.82, 2.24) is 14.8 Å². The summed E-state index contributed by atoms with van der Waals surface area (Å²) in [6, 6.07) is 4.47. The van der Waals surface area contributed by atoms with Crippen molar-refractivity contribution in [2.24, 2.45) is 5.92 Å². The van der Waals surface area contributed by atoms with Gasteiger partial charge in [0.2, 0.25) is 11.8 Å². The van der Waals surface area contributed by atoms with Crippen LogP contribution in [0.15, 0.2) is 22.9 Å². The summed E-state index contributed by atoms with van der Waals surface area (Å²) >= 11 is 3.29. The summed E-state index contributed by atoms with van der Waals surface area (Å²) in [4.78, 5) is 34.3. The summed E-state index contributed by atoms with van der Waals surface area (Å²) in [7, 11) is 1.84. The van der Waals surface area contributed by atoms with Gasteiger partial charge in [-0.25, -0.2) is 4.98 Å². The van der Waals surface area contributed by atoms with E-state index in [1.54, 1.807) is 27.6 Å². The van der Waals surface area contributed by atoms with Gasteiger partial charge >= 0.3 is 0 Å². The zero-order valence-electron chi connectivity index (χ0n) is 14.2. The third kappa shape index (κ3) is 3.62. The van der Waals surface area contributed by atoms with Crippen molar-refractivity contribution in [3.8, 4) is 9.88 Å². The van der Waals surface area contributed by atoms with Gasteiger partial charge in [-0.1, -0.05) is 6.07 Å². The van der Waals surface area contributed by atoms with E-state index in [0.29, 0.717) is 32.0 Å². The largest absolute Gasteiger partial charge is 0.340 e. The van der Waals surface area contributed by atoms with Gasteiger partial charge in [-0.3, -0.25) is 9.59 Å². The quantitative estimate of drug-likeness (QED) is 0.806. The van der Waals surface area contributed by atoms with Gasteiger partial charge in [0.1, 0.15) is 5.01 Å². The number of aromatic nitrogens is 1. The second-order valence-electron chi connectivity index (χ2n) is 6.83. The van der Waals surface area contributed by atoms with Crippen molar-refractivity contribution in [2.75, 3.05) is 13.6 Å². The first-order chi connectivity index (χ1) is 12.1. The predicted molar refractivity (Wildman–Crippen MR) is 99.4 cm³/mol. The summed E-state index contributed by atoms with van der Waals surface area (Å²) in [6.45, 7) is 1.11. The van der Waals surface area contributed by atoms with Gasteiger partial charge in [0.05, 0.1) is 23.0 Å². The summed E-state index contributed by atoms with van der Waals surface area (Å²) in [5.41, 5.74) is 0.926. The second-order valence-corrected chi connectivity index (χ2v) is 8.63. The molecule has 2 aliphatic rings. The Hall–Kier alpha value is -1.73. The number of thiophene rings is 1. The first-order valence-corrected chi connectivity index (χ1v) is 10.4. The molecule has 0 bridgehead atoms. The maximum Gasteiger partial charge on any atom is 0.227 e. The minimum Gasteiger partial charge on any atom is -0.340 e. The fourth-order valence-corrected chi connectivity index (χ4v) is 4.96. The van der Waals surface area contributed by atoms with Crippen LogP contribution in [0, 0.1) is 5.92 Å². The first-order valence-electron chi connectivity index (χ1n) is 8.64. The monoisotopic (exact) mass is 375 g/mol. The average molecular weight is 376 g/mol. The number of carbonyl (C=O) groups is 2. The zero-order chi connectivity index (χ0) is 17.4. The van der Waals surface area contributed by atoms with Crippen molar-refractivity contribution in [3.63, 3.8) is 0 Å². The Morgan fingerprint density at radius 1 is 1.36 bits per heavy atom. The van der Waals surface area contributed by atoms with Gasteiger partial charge in [0, 0.05) is 31.4 Å². The lowest BCUT2D eigenvalue weighted by atomic mass is 9.96. The highest BCUT2D eigenvalue weighted by Crippen LogP contribution is 2.32. The third-order valence-electron chi connectivity index (χ3n) is 4.84. The number of thiazole rings is 1. The lowest BCUT2D eigenvalue weighted by Gasteiger charge is -2.33. The highest BCUT2D eigenvalue weighted by molar-refractivity contribution is 7.20. The fraction of sp³-hybridized carbons (Fsp3) is 0.500. The molecular weight excluding hydrogens is 354 g/mol. The van der Waals surface area contributed by atoms with E-state index in [4.69, 9.17) is 0 Å². The Labute approximate surface area is 155 Å². The van der Waals surface area contributed by atoms with Gasteiger partial charge in [-0.2, -0.15) is 0 Å². The van der Waals surface area contributed by atoms with Crippen molar-refractivity contribution in [3.05, 3.63) is 28.6 Å². The summed E-state index contributed by atoms with van der Waals surface area (Å²) in [6.07, 6.45) is 3.35. The first kappa shape index (κ1) is 16.7. The maximum absolute atomic E-state index is 12.8. The van der Waals surface area contributed by atoms with Crippen LogP contribution in [0.25, 0.3) is 9.88 Å². The van der Waals surface area contributed by atoms with E-state index in [0.717, 1.165) is 28.4 Å². The molecule has 0 unspecified atom stereocenters. The van der Waals surface area contributed by atoms with Crippen LogP contribution in [0.4, 0.5) is 0 Å². The van der Waals surface area contributed by atoms with Gasteiger partial charge in [-0.05, 0) is 30.7 Å². The number of piperidine rings is 1.